The SMILES string of the molecule is O=C(OCCOc1ccccc1Cl)c1cccc(C(=O)OCCOc2ccccc2Cl)n1. The number of rotatable bonds is 10. The van der Waals surface area contributed by atoms with Crippen LogP contribution in [0.3, 0.4) is 0 Å². The van der Waals surface area contributed by atoms with Gasteiger partial charge in [0.2, 0.25) is 0 Å². The molecule has 0 fully saturated rings. The van der Waals surface area contributed by atoms with Gasteiger partial charge in [-0.25, -0.2) is 14.6 Å². The smallest absolute Gasteiger partial charge is 0.357 e. The largest absolute Gasteiger partial charge is 0.488 e. The van der Waals surface area contributed by atoms with E-state index in [1.807, 2.05) is 0 Å². The molecule has 0 atom stereocenters. The van der Waals surface area contributed by atoms with Crippen molar-refractivity contribution in [3.05, 3.63) is 88.2 Å². The lowest BCUT2D eigenvalue weighted by molar-refractivity contribution is 0.0434. The summed E-state index contributed by atoms with van der Waals surface area (Å²) >= 11 is 12.0. The van der Waals surface area contributed by atoms with Gasteiger partial charge in [-0.1, -0.05) is 53.5 Å². The van der Waals surface area contributed by atoms with E-state index in [4.69, 9.17) is 42.1 Å². The summed E-state index contributed by atoms with van der Waals surface area (Å²) in [6, 6.07) is 18.3. The van der Waals surface area contributed by atoms with Crippen LogP contribution in [-0.2, 0) is 9.47 Å². The number of hydrogen-bond donors (Lipinski definition) is 0. The molecule has 1 aromatic heterocycles. The number of hydrogen-bond acceptors (Lipinski definition) is 7. The van der Waals surface area contributed by atoms with Crippen molar-refractivity contribution in [3.8, 4) is 11.5 Å². The third kappa shape index (κ3) is 6.87. The second-order valence-corrected chi connectivity index (χ2v) is 7.05. The van der Waals surface area contributed by atoms with Crippen LogP contribution in [0.15, 0.2) is 66.7 Å². The molecule has 0 saturated carbocycles. The summed E-state index contributed by atoms with van der Waals surface area (Å²) < 4.78 is 21.2. The van der Waals surface area contributed by atoms with Crippen molar-refractivity contribution in [3.63, 3.8) is 0 Å². The first-order chi connectivity index (χ1) is 15.5. The van der Waals surface area contributed by atoms with Gasteiger partial charge in [-0.15, -0.1) is 0 Å². The van der Waals surface area contributed by atoms with Gasteiger partial charge in [0.05, 0.1) is 10.0 Å². The number of esters is 2. The predicted molar refractivity (Wildman–Crippen MR) is 119 cm³/mol. The Bertz CT molecular complexity index is 995. The Kier molecular flexibility index (Phi) is 8.71. The van der Waals surface area contributed by atoms with Gasteiger partial charge in [0.1, 0.15) is 49.3 Å². The zero-order valence-corrected chi connectivity index (χ0v) is 18.3. The average molecular weight is 476 g/mol. The number of ether oxygens (including phenoxy) is 4. The minimum absolute atomic E-state index is 0.0141. The van der Waals surface area contributed by atoms with Crippen LogP contribution in [0.25, 0.3) is 0 Å². The third-order valence-corrected chi connectivity index (χ3v) is 4.61. The van der Waals surface area contributed by atoms with Gasteiger partial charge < -0.3 is 18.9 Å². The summed E-state index contributed by atoms with van der Waals surface area (Å²) in [5.41, 5.74) is -0.0472. The van der Waals surface area contributed by atoms with Crippen molar-refractivity contribution in [2.75, 3.05) is 26.4 Å². The summed E-state index contributed by atoms with van der Waals surface area (Å²) in [5, 5.41) is 0.924. The van der Waals surface area contributed by atoms with E-state index in [0.29, 0.717) is 21.5 Å². The van der Waals surface area contributed by atoms with Gasteiger partial charge in [0.15, 0.2) is 0 Å². The van der Waals surface area contributed by atoms with Crippen LogP contribution in [0.4, 0.5) is 0 Å². The van der Waals surface area contributed by atoms with Crippen LogP contribution in [0.2, 0.25) is 10.0 Å². The van der Waals surface area contributed by atoms with Crippen LogP contribution in [-0.4, -0.2) is 43.4 Å². The van der Waals surface area contributed by atoms with Gasteiger partial charge in [0, 0.05) is 0 Å². The highest BCUT2D eigenvalue weighted by Gasteiger charge is 2.15. The fraction of sp³-hybridized carbons (Fsp3) is 0.174. The van der Waals surface area contributed by atoms with Crippen molar-refractivity contribution < 1.29 is 28.5 Å². The number of carbonyl (C=O) groups is 2. The molecule has 0 saturated heterocycles. The second-order valence-electron chi connectivity index (χ2n) is 6.24. The Morgan fingerprint density at radius 1 is 0.625 bits per heavy atom. The normalized spacial score (nSPS) is 10.3. The number of pyridine rings is 1. The van der Waals surface area contributed by atoms with E-state index >= 15 is 0 Å². The third-order valence-electron chi connectivity index (χ3n) is 3.99. The Balaban J connectivity index is 1.43. The van der Waals surface area contributed by atoms with Crippen molar-refractivity contribution in [1.82, 2.24) is 4.98 Å². The summed E-state index contributed by atoms with van der Waals surface area (Å²) in [5.74, 6) is -0.396. The molecule has 0 spiro atoms. The first-order valence-corrected chi connectivity index (χ1v) is 10.4. The highest BCUT2D eigenvalue weighted by atomic mass is 35.5. The maximum absolute atomic E-state index is 12.2. The van der Waals surface area contributed by atoms with Crippen molar-refractivity contribution in [2.45, 2.75) is 0 Å². The van der Waals surface area contributed by atoms with Crippen molar-refractivity contribution in [1.29, 1.82) is 0 Å². The summed E-state index contributed by atoms with van der Waals surface area (Å²) in [4.78, 5) is 28.4. The van der Waals surface area contributed by atoms with Crippen LogP contribution in [0.5, 0.6) is 11.5 Å². The Morgan fingerprint density at radius 3 is 1.50 bits per heavy atom. The van der Waals surface area contributed by atoms with Crippen LogP contribution < -0.4 is 9.47 Å². The van der Waals surface area contributed by atoms with E-state index in [1.165, 1.54) is 18.2 Å². The van der Waals surface area contributed by atoms with E-state index in [-0.39, 0.29) is 37.8 Å². The van der Waals surface area contributed by atoms with Crippen LogP contribution >= 0.6 is 23.2 Å². The van der Waals surface area contributed by atoms with Gasteiger partial charge in [0.25, 0.3) is 0 Å². The quantitative estimate of drug-likeness (QED) is 0.305. The fourth-order valence-corrected chi connectivity index (χ4v) is 2.89. The van der Waals surface area contributed by atoms with Crippen LogP contribution in [0.1, 0.15) is 21.0 Å². The zero-order chi connectivity index (χ0) is 22.8. The minimum atomic E-state index is -0.690. The molecule has 3 rings (SSSR count). The van der Waals surface area contributed by atoms with E-state index in [0.717, 1.165) is 0 Å². The van der Waals surface area contributed by atoms with Crippen molar-refractivity contribution in [2.24, 2.45) is 0 Å². The number of benzene rings is 2. The monoisotopic (exact) mass is 475 g/mol. The van der Waals surface area contributed by atoms with E-state index in [2.05, 4.69) is 4.98 Å². The Morgan fingerprint density at radius 2 is 1.06 bits per heavy atom. The number of aromatic nitrogens is 1. The Hall–Kier alpha value is -3.29. The molecule has 166 valence electrons. The molecule has 32 heavy (non-hydrogen) atoms. The molecule has 0 N–H and O–H groups in total. The molecule has 2 aromatic carbocycles. The van der Waals surface area contributed by atoms with Gasteiger partial charge in [-0.3, -0.25) is 0 Å². The fourth-order valence-electron chi connectivity index (χ4n) is 2.51. The highest BCUT2D eigenvalue weighted by Crippen LogP contribution is 2.23. The molecule has 3 aromatic rings. The van der Waals surface area contributed by atoms with Crippen molar-refractivity contribution >= 4 is 35.1 Å². The van der Waals surface area contributed by atoms with Crippen LogP contribution in [0, 0.1) is 0 Å². The molecule has 1 heterocycles. The lowest BCUT2D eigenvalue weighted by Crippen LogP contribution is -2.17. The molecular weight excluding hydrogens is 457 g/mol. The first-order valence-electron chi connectivity index (χ1n) is 9.60. The molecule has 0 radical (unpaired) electrons. The molecular formula is C23H19Cl2NO6. The maximum Gasteiger partial charge on any atom is 0.357 e. The molecule has 0 aliphatic heterocycles. The van der Waals surface area contributed by atoms with Gasteiger partial charge in [-0.2, -0.15) is 0 Å². The van der Waals surface area contributed by atoms with Gasteiger partial charge >= 0.3 is 11.9 Å². The zero-order valence-electron chi connectivity index (χ0n) is 16.8. The summed E-state index contributed by atoms with van der Waals surface area (Å²) in [7, 11) is 0. The molecule has 0 aliphatic carbocycles. The lowest BCUT2D eigenvalue weighted by Gasteiger charge is -2.09. The van der Waals surface area contributed by atoms with E-state index in [9.17, 15) is 9.59 Å². The molecule has 0 unspecified atom stereocenters. The first kappa shape index (κ1) is 23.4. The standard InChI is InChI=1S/C23H19Cl2NO6/c24-16-6-1-3-10-20(16)29-12-14-31-22(27)18-8-5-9-19(26-18)23(28)32-15-13-30-21-11-4-2-7-17(21)25/h1-11H,12-15H2. The maximum atomic E-state index is 12.2. The topological polar surface area (TPSA) is 84.0 Å². The average Bonchev–Trinajstić information content (AvgIpc) is 2.81. The highest BCUT2D eigenvalue weighted by molar-refractivity contribution is 6.32. The molecule has 9 heteroatoms. The summed E-state index contributed by atoms with van der Waals surface area (Å²) in [6.07, 6.45) is 0. The molecule has 0 bridgehead atoms. The van der Waals surface area contributed by atoms with Gasteiger partial charge in [-0.05, 0) is 36.4 Å². The second kappa shape index (κ2) is 11.9. The molecule has 0 aliphatic rings. The predicted octanol–water partition coefficient (Wildman–Crippen LogP) is 4.86. The Labute approximate surface area is 194 Å². The number of carbonyl (C=O) groups excluding carboxylic acids is 2. The number of halogens is 2. The lowest BCUT2D eigenvalue weighted by atomic mass is 10.3. The number of nitrogens with zero attached hydrogens (tertiary/aromatic N) is 1. The number of para-hydroxylation sites is 2. The summed E-state index contributed by atoms with van der Waals surface area (Å²) in [6.45, 7) is 0.199. The molecule has 0 amide bonds. The van der Waals surface area contributed by atoms with E-state index in [1.54, 1.807) is 48.5 Å². The minimum Gasteiger partial charge on any atom is -0.488 e. The molecule has 7 nitrogen and oxygen atoms in total. The van der Waals surface area contributed by atoms with E-state index < -0.39 is 11.9 Å².